The number of amides is 3. The summed E-state index contributed by atoms with van der Waals surface area (Å²) in [5.74, 6) is -0.850. The van der Waals surface area contributed by atoms with E-state index in [2.05, 4.69) is 10.6 Å². The van der Waals surface area contributed by atoms with E-state index in [0.717, 1.165) is 5.56 Å². The van der Waals surface area contributed by atoms with Crippen molar-refractivity contribution < 1.29 is 14.4 Å². The highest BCUT2D eigenvalue weighted by atomic mass is 16.2. The van der Waals surface area contributed by atoms with Crippen molar-refractivity contribution in [2.45, 2.75) is 20.4 Å². The van der Waals surface area contributed by atoms with E-state index in [4.69, 9.17) is 0 Å². The standard InChI is InChI=1S/C26H27N3O3/c1-18(2)24(30)27-21-13-9-12-20(16-21)25(31)28-23-15-8-7-14-22(23)26(32)29(3)17-19-10-5-4-6-11-19/h4-16,18H,17H2,1-3H3,(H,27,30)(H,28,31). The van der Waals surface area contributed by atoms with Gasteiger partial charge < -0.3 is 15.5 Å². The number of nitrogens with zero attached hydrogens (tertiary/aromatic N) is 1. The van der Waals surface area contributed by atoms with Gasteiger partial charge in [0.25, 0.3) is 11.8 Å². The molecule has 0 spiro atoms. The Balaban J connectivity index is 1.75. The molecule has 0 bridgehead atoms. The van der Waals surface area contributed by atoms with Crippen LogP contribution in [0.25, 0.3) is 0 Å². The second-order valence-corrected chi connectivity index (χ2v) is 7.87. The van der Waals surface area contributed by atoms with E-state index in [-0.39, 0.29) is 23.6 Å². The van der Waals surface area contributed by atoms with Crippen LogP contribution in [0.5, 0.6) is 0 Å². The normalized spacial score (nSPS) is 10.5. The van der Waals surface area contributed by atoms with Crippen LogP contribution in [0.3, 0.4) is 0 Å². The smallest absolute Gasteiger partial charge is 0.256 e. The van der Waals surface area contributed by atoms with Crippen molar-refractivity contribution in [3.63, 3.8) is 0 Å². The summed E-state index contributed by atoms with van der Waals surface area (Å²) in [5, 5.41) is 5.62. The fourth-order valence-electron chi connectivity index (χ4n) is 3.13. The number of anilines is 2. The Morgan fingerprint density at radius 1 is 0.844 bits per heavy atom. The van der Waals surface area contributed by atoms with E-state index in [1.54, 1.807) is 74.3 Å². The van der Waals surface area contributed by atoms with E-state index in [1.807, 2.05) is 30.3 Å². The maximum Gasteiger partial charge on any atom is 0.256 e. The van der Waals surface area contributed by atoms with Crippen LogP contribution in [0, 0.1) is 5.92 Å². The zero-order valence-electron chi connectivity index (χ0n) is 18.5. The molecule has 0 radical (unpaired) electrons. The molecule has 0 aliphatic carbocycles. The van der Waals surface area contributed by atoms with Gasteiger partial charge in [0.2, 0.25) is 5.91 Å². The number of carbonyl (C=O) groups excluding carboxylic acids is 3. The third-order valence-corrected chi connectivity index (χ3v) is 4.93. The fraction of sp³-hybridized carbons (Fsp3) is 0.192. The molecule has 0 unspecified atom stereocenters. The van der Waals surface area contributed by atoms with Crippen molar-refractivity contribution in [3.05, 3.63) is 95.6 Å². The molecule has 0 atom stereocenters. The molecule has 3 rings (SSSR count). The second-order valence-electron chi connectivity index (χ2n) is 7.87. The van der Waals surface area contributed by atoms with Gasteiger partial charge in [0.05, 0.1) is 11.3 Å². The third kappa shape index (κ3) is 5.82. The van der Waals surface area contributed by atoms with Gasteiger partial charge in [-0.2, -0.15) is 0 Å². The first-order valence-electron chi connectivity index (χ1n) is 10.5. The van der Waals surface area contributed by atoms with Crippen molar-refractivity contribution in [2.24, 2.45) is 5.92 Å². The molecule has 0 saturated heterocycles. The molecule has 2 N–H and O–H groups in total. The van der Waals surface area contributed by atoms with Gasteiger partial charge in [-0.25, -0.2) is 0 Å². The topological polar surface area (TPSA) is 78.5 Å². The third-order valence-electron chi connectivity index (χ3n) is 4.93. The molecule has 164 valence electrons. The molecular weight excluding hydrogens is 402 g/mol. The van der Waals surface area contributed by atoms with E-state index >= 15 is 0 Å². The number of benzene rings is 3. The Morgan fingerprint density at radius 2 is 1.53 bits per heavy atom. The molecule has 6 nitrogen and oxygen atoms in total. The summed E-state index contributed by atoms with van der Waals surface area (Å²) < 4.78 is 0. The molecule has 0 fully saturated rings. The molecule has 3 aromatic carbocycles. The first kappa shape index (κ1) is 22.7. The second kappa shape index (κ2) is 10.4. The largest absolute Gasteiger partial charge is 0.337 e. The average Bonchev–Trinajstić information content (AvgIpc) is 2.79. The van der Waals surface area contributed by atoms with Gasteiger partial charge in [-0.05, 0) is 35.9 Å². The quantitative estimate of drug-likeness (QED) is 0.566. The van der Waals surface area contributed by atoms with Crippen LogP contribution in [-0.4, -0.2) is 29.7 Å². The molecule has 32 heavy (non-hydrogen) atoms. The number of para-hydroxylation sites is 1. The van der Waals surface area contributed by atoms with Crippen LogP contribution in [0.4, 0.5) is 11.4 Å². The lowest BCUT2D eigenvalue weighted by molar-refractivity contribution is -0.118. The predicted octanol–water partition coefficient (Wildman–Crippen LogP) is 4.81. The summed E-state index contributed by atoms with van der Waals surface area (Å²) in [6, 6.07) is 23.3. The van der Waals surface area contributed by atoms with Gasteiger partial charge >= 0.3 is 0 Å². The number of hydrogen-bond donors (Lipinski definition) is 2. The SMILES string of the molecule is CC(C)C(=O)Nc1cccc(C(=O)Nc2ccccc2C(=O)N(C)Cc2ccccc2)c1. The van der Waals surface area contributed by atoms with Crippen molar-refractivity contribution in [3.8, 4) is 0 Å². The van der Waals surface area contributed by atoms with Crippen LogP contribution < -0.4 is 10.6 Å². The monoisotopic (exact) mass is 429 g/mol. The molecule has 0 aliphatic rings. The summed E-state index contributed by atoms with van der Waals surface area (Å²) in [4.78, 5) is 39.5. The van der Waals surface area contributed by atoms with Crippen molar-refractivity contribution in [2.75, 3.05) is 17.7 Å². The minimum absolute atomic E-state index is 0.125. The number of carbonyl (C=O) groups is 3. The van der Waals surface area contributed by atoms with Crippen LogP contribution in [-0.2, 0) is 11.3 Å². The Morgan fingerprint density at radius 3 is 2.25 bits per heavy atom. The summed E-state index contributed by atoms with van der Waals surface area (Å²) in [6.07, 6.45) is 0. The Kier molecular flexibility index (Phi) is 7.39. The zero-order valence-corrected chi connectivity index (χ0v) is 18.5. The van der Waals surface area contributed by atoms with Gasteiger partial charge in [-0.15, -0.1) is 0 Å². The van der Waals surface area contributed by atoms with Crippen molar-refractivity contribution in [1.82, 2.24) is 4.90 Å². The minimum Gasteiger partial charge on any atom is -0.337 e. The molecule has 3 amide bonds. The first-order chi connectivity index (χ1) is 15.3. The Bertz CT molecular complexity index is 1110. The molecule has 3 aromatic rings. The highest BCUT2D eigenvalue weighted by Crippen LogP contribution is 2.20. The lowest BCUT2D eigenvalue weighted by Gasteiger charge is -2.19. The zero-order chi connectivity index (χ0) is 23.1. The van der Waals surface area contributed by atoms with Gasteiger partial charge in [0.15, 0.2) is 0 Å². The highest BCUT2D eigenvalue weighted by molar-refractivity contribution is 6.09. The van der Waals surface area contributed by atoms with Crippen LogP contribution in [0.15, 0.2) is 78.9 Å². The molecule has 0 aromatic heterocycles. The van der Waals surface area contributed by atoms with Gasteiger partial charge in [0, 0.05) is 30.8 Å². The van der Waals surface area contributed by atoms with Crippen LogP contribution in [0.1, 0.15) is 40.1 Å². The summed E-state index contributed by atoms with van der Waals surface area (Å²) in [5.41, 5.74) is 2.78. The molecule has 0 aliphatic heterocycles. The van der Waals surface area contributed by atoms with Gasteiger partial charge in [-0.1, -0.05) is 62.4 Å². The van der Waals surface area contributed by atoms with Crippen molar-refractivity contribution in [1.29, 1.82) is 0 Å². The molecule has 6 heteroatoms. The predicted molar refractivity (Wildman–Crippen MR) is 127 cm³/mol. The lowest BCUT2D eigenvalue weighted by atomic mass is 10.1. The Labute approximate surface area is 188 Å². The summed E-state index contributed by atoms with van der Waals surface area (Å²) >= 11 is 0. The first-order valence-corrected chi connectivity index (χ1v) is 10.5. The molecule has 0 heterocycles. The summed E-state index contributed by atoms with van der Waals surface area (Å²) in [7, 11) is 1.73. The van der Waals surface area contributed by atoms with Gasteiger partial charge in [-0.3, -0.25) is 14.4 Å². The average molecular weight is 430 g/mol. The van der Waals surface area contributed by atoms with E-state index in [9.17, 15) is 14.4 Å². The lowest BCUT2D eigenvalue weighted by Crippen LogP contribution is -2.27. The van der Waals surface area contributed by atoms with Crippen molar-refractivity contribution >= 4 is 29.1 Å². The van der Waals surface area contributed by atoms with E-state index < -0.39 is 0 Å². The highest BCUT2D eigenvalue weighted by Gasteiger charge is 2.18. The summed E-state index contributed by atoms with van der Waals surface area (Å²) in [6.45, 7) is 4.06. The number of rotatable bonds is 7. The number of nitrogens with one attached hydrogen (secondary N) is 2. The molecule has 0 saturated carbocycles. The van der Waals surface area contributed by atoms with Crippen LogP contribution in [0.2, 0.25) is 0 Å². The fourth-order valence-corrected chi connectivity index (χ4v) is 3.13. The maximum atomic E-state index is 13.1. The van der Waals surface area contributed by atoms with E-state index in [1.165, 1.54) is 0 Å². The van der Waals surface area contributed by atoms with Gasteiger partial charge in [0.1, 0.15) is 0 Å². The number of hydrogen-bond acceptors (Lipinski definition) is 3. The minimum atomic E-state index is -0.364. The van der Waals surface area contributed by atoms with Crippen LogP contribution >= 0.6 is 0 Å². The Hall–Kier alpha value is -3.93. The maximum absolute atomic E-state index is 13.1. The van der Waals surface area contributed by atoms with E-state index in [0.29, 0.717) is 29.0 Å². The molecular formula is C26H27N3O3.